The molecule has 0 aromatic heterocycles. The molecule has 1 aromatic rings. The third kappa shape index (κ3) is 5.30. The van der Waals surface area contributed by atoms with Crippen LogP contribution in [-0.4, -0.2) is 63.1 Å². The minimum Gasteiger partial charge on any atom is -0.376 e. The summed E-state index contributed by atoms with van der Waals surface area (Å²) in [5.74, 6) is -0.716. The lowest BCUT2D eigenvalue weighted by Gasteiger charge is -2.29. The summed E-state index contributed by atoms with van der Waals surface area (Å²) >= 11 is 0. The molecule has 9 heteroatoms. The fourth-order valence-corrected chi connectivity index (χ4v) is 4.46. The fourth-order valence-electron chi connectivity index (χ4n) is 3.58. The maximum Gasteiger partial charge on any atom is 0.253 e. The largest absolute Gasteiger partial charge is 0.376 e. The van der Waals surface area contributed by atoms with Gasteiger partial charge in [-0.05, 0) is 37.8 Å². The molecule has 28 heavy (non-hydrogen) atoms. The highest BCUT2D eigenvalue weighted by Gasteiger charge is 2.29. The van der Waals surface area contributed by atoms with Crippen molar-refractivity contribution in [1.29, 1.82) is 0 Å². The predicted molar refractivity (Wildman–Crippen MR) is 106 cm³/mol. The van der Waals surface area contributed by atoms with Gasteiger partial charge in [0.05, 0.1) is 23.6 Å². The molecule has 0 unspecified atom stereocenters. The van der Waals surface area contributed by atoms with Gasteiger partial charge in [0.2, 0.25) is 15.9 Å². The van der Waals surface area contributed by atoms with Crippen LogP contribution in [-0.2, 0) is 19.6 Å². The number of rotatable bonds is 6. The topological polar surface area (TPSA) is 105 Å². The van der Waals surface area contributed by atoms with E-state index in [0.717, 1.165) is 19.4 Å². The van der Waals surface area contributed by atoms with Crippen LogP contribution in [0.4, 0.5) is 5.69 Å². The first-order valence-electron chi connectivity index (χ1n) is 9.59. The highest BCUT2D eigenvalue weighted by molar-refractivity contribution is 7.88. The number of piperidine rings is 1. The van der Waals surface area contributed by atoms with Gasteiger partial charge in [-0.2, -0.15) is 0 Å². The lowest BCUT2D eigenvalue weighted by Crippen LogP contribution is -2.41. The molecule has 8 nitrogen and oxygen atoms in total. The Morgan fingerprint density at radius 3 is 2.54 bits per heavy atom. The second-order valence-electron chi connectivity index (χ2n) is 7.32. The molecule has 2 amide bonds. The summed E-state index contributed by atoms with van der Waals surface area (Å²) in [6.07, 6.45) is 4.10. The Kier molecular flexibility index (Phi) is 6.69. The van der Waals surface area contributed by atoms with E-state index in [1.54, 1.807) is 24.3 Å². The number of sulfonamides is 1. The Bertz CT molecular complexity index is 813. The van der Waals surface area contributed by atoms with E-state index in [9.17, 15) is 18.0 Å². The molecule has 154 valence electrons. The van der Waals surface area contributed by atoms with Crippen molar-refractivity contribution < 1.29 is 22.7 Å². The van der Waals surface area contributed by atoms with Gasteiger partial charge >= 0.3 is 0 Å². The maximum absolute atomic E-state index is 12.6. The van der Waals surface area contributed by atoms with Gasteiger partial charge in [-0.15, -0.1) is 0 Å². The average Bonchev–Trinajstić information content (AvgIpc) is 3.19. The van der Waals surface area contributed by atoms with E-state index < -0.39 is 10.0 Å². The van der Waals surface area contributed by atoms with Gasteiger partial charge in [0.15, 0.2) is 0 Å². The summed E-state index contributed by atoms with van der Waals surface area (Å²) in [4.78, 5) is 25.2. The third-order valence-electron chi connectivity index (χ3n) is 5.24. The van der Waals surface area contributed by atoms with Crippen LogP contribution in [0.5, 0.6) is 0 Å². The first kappa shape index (κ1) is 20.8. The van der Waals surface area contributed by atoms with Crippen LogP contribution in [0.15, 0.2) is 24.3 Å². The third-order valence-corrected chi connectivity index (χ3v) is 6.54. The molecule has 0 aliphatic carbocycles. The SMILES string of the molecule is CS(=O)(=O)N1CCC(C(=O)Nc2ccccc2C(=O)NC[C@@H]2CCCO2)CC1. The second-order valence-corrected chi connectivity index (χ2v) is 9.30. The molecule has 2 N–H and O–H groups in total. The van der Waals surface area contributed by atoms with Crippen molar-refractivity contribution >= 4 is 27.5 Å². The fraction of sp³-hybridized carbons (Fsp3) is 0.579. The van der Waals surface area contributed by atoms with Crippen molar-refractivity contribution in [3.05, 3.63) is 29.8 Å². The molecule has 2 aliphatic heterocycles. The van der Waals surface area contributed by atoms with Gasteiger partial charge in [0.1, 0.15) is 0 Å². The molecule has 0 saturated carbocycles. The molecule has 0 bridgehead atoms. The lowest BCUT2D eigenvalue weighted by atomic mass is 9.97. The second kappa shape index (κ2) is 9.02. The van der Waals surface area contributed by atoms with Crippen molar-refractivity contribution in [2.75, 3.05) is 37.8 Å². The predicted octanol–water partition coefficient (Wildman–Crippen LogP) is 1.21. The van der Waals surface area contributed by atoms with E-state index in [2.05, 4.69) is 10.6 Å². The molecule has 0 spiro atoms. The molecular formula is C19H27N3O5S. The van der Waals surface area contributed by atoms with Gasteiger partial charge in [0, 0.05) is 32.2 Å². The summed E-state index contributed by atoms with van der Waals surface area (Å²) in [6.45, 7) is 1.84. The number of anilines is 1. The number of nitrogens with one attached hydrogen (secondary N) is 2. The maximum atomic E-state index is 12.6. The van der Waals surface area contributed by atoms with Crippen LogP contribution in [0.3, 0.4) is 0 Å². The summed E-state index contributed by atoms with van der Waals surface area (Å²) in [5, 5.41) is 5.71. The molecule has 2 aliphatic rings. The monoisotopic (exact) mass is 409 g/mol. The smallest absolute Gasteiger partial charge is 0.253 e. The van der Waals surface area contributed by atoms with Crippen molar-refractivity contribution in [2.45, 2.75) is 31.8 Å². The number of hydrogen-bond acceptors (Lipinski definition) is 5. The summed E-state index contributed by atoms with van der Waals surface area (Å²) in [7, 11) is -3.23. The number of hydrogen-bond donors (Lipinski definition) is 2. The number of ether oxygens (including phenoxy) is 1. The van der Waals surface area contributed by atoms with Crippen molar-refractivity contribution in [2.24, 2.45) is 5.92 Å². The minimum absolute atomic E-state index is 0.0470. The van der Waals surface area contributed by atoms with Gasteiger partial charge in [-0.25, -0.2) is 12.7 Å². The van der Waals surface area contributed by atoms with Crippen LogP contribution in [0.1, 0.15) is 36.0 Å². The van der Waals surface area contributed by atoms with Gasteiger partial charge in [0.25, 0.3) is 5.91 Å². The minimum atomic E-state index is -3.23. The highest BCUT2D eigenvalue weighted by Crippen LogP contribution is 2.22. The van der Waals surface area contributed by atoms with Gasteiger partial charge in [-0.3, -0.25) is 9.59 Å². The number of amides is 2. The Morgan fingerprint density at radius 2 is 1.89 bits per heavy atom. The van der Waals surface area contributed by atoms with E-state index in [1.165, 1.54) is 10.6 Å². The number of carbonyl (C=O) groups excluding carboxylic acids is 2. The van der Waals surface area contributed by atoms with Gasteiger partial charge < -0.3 is 15.4 Å². The van der Waals surface area contributed by atoms with E-state index >= 15 is 0 Å². The van der Waals surface area contributed by atoms with Crippen molar-refractivity contribution in [1.82, 2.24) is 9.62 Å². The summed E-state index contributed by atoms with van der Waals surface area (Å²) in [5.41, 5.74) is 0.866. The average molecular weight is 410 g/mol. The number of nitrogens with zero attached hydrogens (tertiary/aromatic N) is 1. The number of carbonyl (C=O) groups is 2. The zero-order chi connectivity index (χ0) is 20.1. The molecule has 1 atom stereocenters. The Balaban J connectivity index is 1.58. The Morgan fingerprint density at radius 1 is 1.18 bits per heavy atom. The zero-order valence-corrected chi connectivity index (χ0v) is 16.8. The highest BCUT2D eigenvalue weighted by atomic mass is 32.2. The van der Waals surface area contributed by atoms with Crippen LogP contribution in [0.25, 0.3) is 0 Å². The molecule has 3 rings (SSSR count). The Labute approximate surface area is 165 Å². The van der Waals surface area contributed by atoms with Crippen molar-refractivity contribution in [3.8, 4) is 0 Å². The molecule has 1 aromatic carbocycles. The summed E-state index contributed by atoms with van der Waals surface area (Å²) in [6, 6.07) is 6.89. The molecule has 2 heterocycles. The molecule has 0 radical (unpaired) electrons. The number of benzene rings is 1. The van der Waals surface area contributed by atoms with E-state index in [1.807, 2.05) is 0 Å². The molecule has 2 saturated heterocycles. The number of para-hydroxylation sites is 1. The van der Waals surface area contributed by atoms with Crippen LogP contribution < -0.4 is 10.6 Å². The first-order valence-corrected chi connectivity index (χ1v) is 11.4. The normalized spacial score (nSPS) is 21.4. The van der Waals surface area contributed by atoms with Crippen LogP contribution in [0.2, 0.25) is 0 Å². The Hall–Kier alpha value is -1.97. The first-order chi connectivity index (χ1) is 13.3. The lowest BCUT2D eigenvalue weighted by molar-refractivity contribution is -0.120. The van der Waals surface area contributed by atoms with Gasteiger partial charge in [-0.1, -0.05) is 12.1 Å². The van der Waals surface area contributed by atoms with Crippen LogP contribution >= 0.6 is 0 Å². The molecular weight excluding hydrogens is 382 g/mol. The van der Waals surface area contributed by atoms with E-state index in [0.29, 0.717) is 43.7 Å². The summed E-state index contributed by atoms with van der Waals surface area (Å²) < 4.78 is 30.1. The van der Waals surface area contributed by atoms with E-state index in [-0.39, 0.29) is 23.8 Å². The molecule has 2 fully saturated rings. The quantitative estimate of drug-likeness (QED) is 0.735. The van der Waals surface area contributed by atoms with Crippen LogP contribution in [0, 0.1) is 5.92 Å². The van der Waals surface area contributed by atoms with Crippen molar-refractivity contribution in [3.63, 3.8) is 0 Å². The zero-order valence-electron chi connectivity index (χ0n) is 16.0. The van der Waals surface area contributed by atoms with E-state index in [4.69, 9.17) is 4.74 Å². The standard InChI is InChI=1S/C19H27N3O5S/c1-28(25,26)22-10-8-14(9-11-22)18(23)21-17-7-3-2-6-16(17)19(24)20-13-15-5-4-12-27-15/h2-3,6-7,14-15H,4-5,8-13H2,1H3,(H,20,24)(H,21,23)/t15-/m0/s1.